The minimum Gasteiger partial charge on any atom is -0.482 e. The second-order valence-corrected chi connectivity index (χ2v) is 6.44. The third kappa shape index (κ3) is 5.90. The summed E-state index contributed by atoms with van der Waals surface area (Å²) < 4.78 is 24.4. The van der Waals surface area contributed by atoms with E-state index in [1.807, 2.05) is 26.0 Å². The highest BCUT2D eigenvalue weighted by atomic mass is 19.1. The molecule has 7 heteroatoms. The Morgan fingerprint density at radius 1 is 1.07 bits per heavy atom. The lowest BCUT2D eigenvalue weighted by atomic mass is 10.0. The summed E-state index contributed by atoms with van der Waals surface area (Å²) in [5.74, 6) is -1.80. The van der Waals surface area contributed by atoms with Crippen LogP contribution in [-0.2, 0) is 14.3 Å². The maximum Gasteiger partial charge on any atom is 0.344 e. The van der Waals surface area contributed by atoms with E-state index in [-0.39, 0.29) is 29.7 Å². The lowest BCUT2D eigenvalue weighted by molar-refractivity contribution is -0.144. The van der Waals surface area contributed by atoms with Gasteiger partial charge in [0.15, 0.2) is 13.2 Å². The fraction of sp³-hybridized carbons (Fsp3) is 0.286. The Kier molecular flexibility index (Phi) is 7.26. The van der Waals surface area contributed by atoms with E-state index in [0.29, 0.717) is 5.75 Å². The van der Waals surface area contributed by atoms with Crippen LogP contribution in [-0.4, -0.2) is 30.9 Å². The maximum atomic E-state index is 14.0. The van der Waals surface area contributed by atoms with Crippen LogP contribution in [0, 0.1) is 5.82 Å². The highest BCUT2D eigenvalue weighted by Gasteiger charge is 2.16. The number of esters is 1. The average Bonchev–Trinajstić information content (AvgIpc) is 2.64. The second kappa shape index (κ2) is 9.64. The van der Waals surface area contributed by atoms with Gasteiger partial charge in [0.05, 0.1) is 5.56 Å². The van der Waals surface area contributed by atoms with Crippen molar-refractivity contribution in [2.24, 2.45) is 0 Å². The quantitative estimate of drug-likeness (QED) is 0.552. The Bertz CT molecular complexity index is 879. The van der Waals surface area contributed by atoms with Crippen LogP contribution in [0.3, 0.4) is 0 Å². The summed E-state index contributed by atoms with van der Waals surface area (Å²) in [6, 6.07) is 11.0. The van der Waals surface area contributed by atoms with Crippen LogP contribution in [0.15, 0.2) is 42.5 Å². The number of carbonyl (C=O) groups excluding carboxylic acids is 3. The normalized spacial score (nSPS) is 10.5. The number of rotatable bonds is 8. The first-order valence-corrected chi connectivity index (χ1v) is 8.75. The van der Waals surface area contributed by atoms with Crippen LogP contribution in [0.25, 0.3) is 0 Å². The molecule has 0 bridgehead atoms. The Balaban J connectivity index is 1.89. The van der Waals surface area contributed by atoms with Gasteiger partial charge in [0.25, 0.3) is 0 Å². The van der Waals surface area contributed by atoms with Gasteiger partial charge in [0, 0.05) is 12.6 Å². The second-order valence-electron chi connectivity index (χ2n) is 6.44. The summed E-state index contributed by atoms with van der Waals surface area (Å²) >= 11 is 0. The summed E-state index contributed by atoms with van der Waals surface area (Å²) in [6.07, 6.45) is 0. The number of ketones is 1. The lowest BCUT2D eigenvalue weighted by Crippen LogP contribution is -2.20. The van der Waals surface area contributed by atoms with E-state index in [9.17, 15) is 18.8 Å². The first-order valence-electron chi connectivity index (χ1n) is 8.75. The molecule has 0 aliphatic carbocycles. The molecule has 0 fully saturated rings. The molecule has 1 N–H and O–H groups in total. The van der Waals surface area contributed by atoms with Crippen molar-refractivity contribution in [3.05, 3.63) is 59.4 Å². The predicted molar refractivity (Wildman–Crippen MR) is 102 cm³/mol. The summed E-state index contributed by atoms with van der Waals surface area (Å²) in [7, 11) is 0. The van der Waals surface area contributed by atoms with Crippen molar-refractivity contribution in [3.63, 3.8) is 0 Å². The van der Waals surface area contributed by atoms with Crippen LogP contribution in [0.1, 0.15) is 42.6 Å². The minimum absolute atomic E-state index is 0.220. The molecule has 0 aliphatic rings. The van der Waals surface area contributed by atoms with Crippen LogP contribution in [0.5, 0.6) is 5.75 Å². The Labute approximate surface area is 162 Å². The molecular formula is C21H22FNO5. The van der Waals surface area contributed by atoms with E-state index < -0.39 is 24.2 Å². The fourth-order valence-electron chi connectivity index (χ4n) is 2.51. The molecule has 0 saturated carbocycles. The molecule has 2 aromatic rings. The summed E-state index contributed by atoms with van der Waals surface area (Å²) in [5.41, 5.74) is 0.955. The molecule has 6 nitrogen and oxygen atoms in total. The van der Waals surface area contributed by atoms with Crippen LogP contribution >= 0.6 is 0 Å². The molecule has 28 heavy (non-hydrogen) atoms. The number of hydrogen-bond donors (Lipinski definition) is 1. The molecular weight excluding hydrogens is 365 g/mol. The standard InChI is InChI=1S/C21H22FNO5/c1-13(2)16-6-4-5-7-20(16)27-12-21(26)28-11-19(25)17-9-8-15(10-18(17)22)23-14(3)24/h4-10,13H,11-12H2,1-3H3,(H,23,24). The number of carbonyl (C=O) groups is 3. The highest BCUT2D eigenvalue weighted by Crippen LogP contribution is 2.25. The van der Waals surface area contributed by atoms with Gasteiger partial charge < -0.3 is 14.8 Å². The van der Waals surface area contributed by atoms with Crippen LogP contribution < -0.4 is 10.1 Å². The molecule has 0 aromatic heterocycles. The number of amides is 1. The number of hydrogen-bond acceptors (Lipinski definition) is 5. The zero-order valence-corrected chi connectivity index (χ0v) is 16.0. The molecule has 0 atom stereocenters. The Morgan fingerprint density at radius 2 is 1.79 bits per heavy atom. The van der Waals surface area contributed by atoms with Gasteiger partial charge in [-0.05, 0) is 35.7 Å². The Morgan fingerprint density at radius 3 is 2.43 bits per heavy atom. The molecule has 0 heterocycles. The molecule has 0 saturated heterocycles. The van der Waals surface area contributed by atoms with Gasteiger partial charge in [0.2, 0.25) is 11.7 Å². The number of Topliss-reactive ketones (excluding diaryl/α,β-unsaturated/α-hetero) is 1. The van der Waals surface area contributed by atoms with Gasteiger partial charge in [-0.2, -0.15) is 0 Å². The number of anilines is 1. The lowest BCUT2D eigenvalue weighted by Gasteiger charge is -2.13. The molecule has 0 unspecified atom stereocenters. The smallest absolute Gasteiger partial charge is 0.344 e. The van der Waals surface area contributed by atoms with E-state index in [4.69, 9.17) is 9.47 Å². The molecule has 0 aliphatic heterocycles. The van der Waals surface area contributed by atoms with E-state index in [1.165, 1.54) is 19.1 Å². The molecule has 2 rings (SSSR count). The molecule has 1 amide bonds. The topological polar surface area (TPSA) is 81.7 Å². The SMILES string of the molecule is CC(=O)Nc1ccc(C(=O)COC(=O)COc2ccccc2C(C)C)c(F)c1. The highest BCUT2D eigenvalue weighted by molar-refractivity contribution is 5.99. The Hall–Kier alpha value is -3.22. The first kappa shape index (κ1) is 21.1. The van der Waals surface area contributed by atoms with Crippen LogP contribution in [0.4, 0.5) is 10.1 Å². The van der Waals surface area contributed by atoms with Crippen molar-refractivity contribution in [1.82, 2.24) is 0 Å². The van der Waals surface area contributed by atoms with Gasteiger partial charge in [-0.25, -0.2) is 9.18 Å². The predicted octanol–water partition coefficient (Wildman–Crippen LogP) is 3.71. The number of halogens is 1. The minimum atomic E-state index is -0.811. The third-order valence-electron chi connectivity index (χ3n) is 3.84. The van der Waals surface area contributed by atoms with Gasteiger partial charge in [-0.15, -0.1) is 0 Å². The van der Waals surface area contributed by atoms with Crippen molar-refractivity contribution in [1.29, 1.82) is 0 Å². The molecule has 2 aromatic carbocycles. The average molecular weight is 387 g/mol. The van der Waals surface area contributed by atoms with Gasteiger partial charge in [-0.1, -0.05) is 32.0 Å². The summed E-state index contributed by atoms with van der Waals surface area (Å²) in [6.45, 7) is 4.33. The number of benzene rings is 2. The van der Waals surface area contributed by atoms with E-state index in [2.05, 4.69) is 5.32 Å². The zero-order chi connectivity index (χ0) is 20.7. The monoisotopic (exact) mass is 387 g/mol. The van der Waals surface area contributed by atoms with E-state index >= 15 is 0 Å². The fourth-order valence-corrected chi connectivity index (χ4v) is 2.51. The first-order chi connectivity index (χ1) is 13.3. The van der Waals surface area contributed by atoms with E-state index in [1.54, 1.807) is 12.1 Å². The largest absolute Gasteiger partial charge is 0.482 e. The van der Waals surface area contributed by atoms with E-state index in [0.717, 1.165) is 11.6 Å². The van der Waals surface area contributed by atoms with Gasteiger partial charge in [0.1, 0.15) is 11.6 Å². The van der Waals surface area contributed by atoms with Crippen molar-refractivity contribution in [2.45, 2.75) is 26.7 Å². The summed E-state index contributed by atoms with van der Waals surface area (Å²) in [5, 5.41) is 2.41. The van der Waals surface area contributed by atoms with Crippen molar-refractivity contribution in [3.8, 4) is 5.75 Å². The zero-order valence-electron chi connectivity index (χ0n) is 16.0. The maximum absolute atomic E-state index is 14.0. The van der Waals surface area contributed by atoms with Crippen molar-refractivity contribution >= 4 is 23.3 Å². The van der Waals surface area contributed by atoms with Gasteiger partial charge in [-0.3, -0.25) is 9.59 Å². The van der Waals surface area contributed by atoms with Crippen molar-refractivity contribution in [2.75, 3.05) is 18.5 Å². The van der Waals surface area contributed by atoms with Gasteiger partial charge >= 0.3 is 5.97 Å². The van der Waals surface area contributed by atoms with Crippen LogP contribution in [0.2, 0.25) is 0 Å². The molecule has 0 radical (unpaired) electrons. The molecule has 148 valence electrons. The number of nitrogens with one attached hydrogen (secondary N) is 1. The van der Waals surface area contributed by atoms with Crippen molar-refractivity contribution < 1.29 is 28.2 Å². The number of para-hydroxylation sites is 1. The third-order valence-corrected chi connectivity index (χ3v) is 3.84. The number of ether oxygens (including phenoxy) is 2. The summed E-state index contributed by atoms with van der Waals surface area (Å²) in [4.78, 5) is 34.9. The molecule has 0 spiro atoms.